The molecule has 0 heterocycles. The van der Waals surface area contributed by atoms with Gasteiger partial charge in [0.05, 0.1) is 13.2 Å². The number of carbonyl (C=O) groups is 2. The highest BCUT2D eigenvalue weighted by Gasteiger charge is 2.26. The van der Waals surface area contributed by atoms with Crippen molar-refractivity contribution in [2.45, 2.75) is 367 Å². The zero-order chi connectivity index (χ0) is 64.4. The number of ether oxygens (including phenoxy) is 2. The predicted molar refractivity (Wildman–Crippen MR) is 385 cm³/mol. The summed E-state index contributed by atoms with van der Waals surface area (Å²) in [6, 6.07) is 0. The van der Waals surface area contributed by atoms with E-state index in [9.17, 15) is 19.0 Å². The molecule has 0 aromatic carbocycles. The zero-order valence-corrected chi connectivity index (χ0v) is 59.1. The van der Waals surface area contributed by atoms with Gasteiger partial charge in [-0.2, -0.15) is 0 Å². The van der Waals surface area contributed by atoms with E-state index in [4.69, 9.17) is 24.3 Å². The van der Waals surface area contributed by atoms with Crippen molar-refractivity contribution >= 4 is 19.8 Å². The molecule has 0 spiro atoms. The number of hydrogen-bond acceptors (Lipinski definition) is 8. The fraction of sp³-hybridized carbons (Fsp3) is 0.772. The van der Waals surface area contributed by atoms with E-state index in [0.717, 1.165) is 83.5 Å². The molecule has 0 fully saturated rings. The van der Waals surface area contributed by atoms with Crippen LogP contribution < -0.4 is 5.73 Å². The largest absolute Gasteiger partial charge is 0.472 e. The number of allylic oxidation sites excluding steroid dienone is 16. The summed E-state index contributed by atoms with van der Waals surface area (Å²) in [7, 11) is -4.40. The Kier molecular flexibility index (Phi) is 71.4. The molecule has 0 aromatic heterocycles. The number of nitrogens with two attached hydrogens (primary N) is 1. The Morgan fingerprint density at radius 1 is 0.348 bits per heavy atom. The average Bonchev–Trinajstić information content (AvgIpc) is 3.68. The normalized spacial score (nSPS) is 13.4. The Labute approximate surface area is 550 Å². The van der Waals surface area contributed by atoms with Crippen LogP contribution in [0.2, 0.25) is 0 Å². The molecule has 0 saturated carbocycles. The highest BCUT2D eigenvalue weighted by atomic mass is 31.2. The number of hydrogen-bond donors (Lipinski definition) is 2. The molecule has 89 heavy (non-hydrogen) atoms. The molecule has 0 amide bonds. The SMILES string of the molecule is CC/C=C\C/C=C\C/C=C\C/C=C\C/C=C\C/C=C\C/C=C\CCCCCCCCCCCCCCCCCCCC(=O)OC(COC(=O)CCCCCCCCCCCCCCCCCCC/C=C\CCCCCCCCCC)COP(=O)(O)OCCN. The molecule has 0 aliphatic heterocycles. The second-order valence-electron chi connectivity index (χ2n) is 25.1. The third-order valence-electron chi connectivity index (χ3n) is 16.5. The van der Waals surface area contributed by atoms with E-state index in [1.807, 2.05) is 0 Å². The summed E-state index contributed by atoms with van der Waals surface area (Å²) < 4.78 is 33.2. The van der Waals surface area contributed by atoms with Gasteiger partial charge >= 0.3 is 19.8 Å². The fourth-order valence-electron chi connectivity index (χ4n) is 10.9. The lowest BCUT2D eigenvalue weighted by Crippen LogP contribution is -2.29. The monoisotopic (exact) mass is 1260 g/mol. The van der Waals surface area contributed by atoms with Crippen LogP contribution in [0.4, 0.5) is 0 Å². The quantitative estimate of drug-likeness (QED) is 0.0264. The first kappa shape index (κ1) is 85.9. The second-order valence-corrected chi connectivity index (χ2v) is 26.6. The number of phosphoric ester groups is 1. The molecule has 0 radical (unpaired) electrons. The number of rotatable bonds is 71. The minimum Gasteiger partial charge on any atom is -0.462 e. The zero-order valence-electron chi connectivity index (χ0n) is 58.2. The van der Waals surface area contributed by atoms with Crippen molar-refractivity contribution in [2.75, 3.05) is 26.4 Å². The van der Waals surface area contributed by atoms with Gasteiger partial charge in [0.1, 0.15) is 6.61 Å². The molecule has 0 aliphatic carbocycles. The number of unbranched alkanes of at least 4 members (excludes halogenated alkanes) is 42. The molecule has 2 unspecified atom stereocenters. The summed E-state index contributed by atoms with van der Waals surface area (Å²) in [4.78, 5) is 35.4. The van der Waals surface area contributed by atoms with Crippen molar-refractivity contribution in [3.8, 4) is 0 Å². The standard InChI is InChI=1S/C79H142NO8P/c1-3-5-7-9-11-13-15-17-19-21-23-25-27-29-31-33-34-35-36-37-38-39-40-41-42-44-46-48-50-52-54-56-58-60-62-64-66-68-70-72-79(82)88-77(76-87-89(83,84)86-74-73-80)75-85-78(81)71-69-67-65-63-61-59-57-55-53-51-49-47-45-43-32-30-28-26-24-22-20-18-16-14-12-10-8-6-4-2/h5,7,11,13,17,19,22-25,29,31,34-35,37-38,77H,3-4,6,8-10,12,14-16,18,20-21,26-28,30,32-33,36,39-76,80H2,1-2H3,(H,83,84)/b7-5-,13-11-,19-17-,24-22-,25-23-,31-29-,35-34-,38-37-. The van der Waals surface area contributed by atoms with Crippen molar-refractivity contribution in [1.82, 2.24) is 0 Å². The van der Waals surface area contributed by atoms with E-state index < -0.39 is 26.5 Å². The van der Waals surface area contributed by atoms with Crippen LogP contribution in [0.5, 0.6) is 0 Å². The fourth-order valence-corrected chi connectivity index (χ4v) is 11.7. The van der Waals surface area contributed by atoms with Crippen molar-refractivity contribution < 1.29 is 37.6 Å². The van der Waals surface area contributed by atoms with Crippen LogP contribution in [0.15, 0.2) is 97.2 Å². The van der Waals surface area contributed by atoms with E-state index in [1.165, 1.54) is 244 Å². The van der Waals surface area contributed by atoms with Crippen LogP contribution in [0.3, 0.4) is 0 Å². The van der Waals surface area contributed by atoms with Crippen molar-refractivity contribution in [1.29, 1.82) is 0 Å². The molecule has 0 saturated heterocycles. The van der Waals surface area contributed by atoms with E-state index in [-0.39, 0.29) is 38.6 Å². The Morgan fingerprint density at radius 3 is 0.933 bits per heavy atom. The molecule has 2 atom stereocenters. The van der Waals surface area contributed by atoms with Gasteiger partial charge < -0.3 is 20.1 Å². The van der Waals surface area contributed by atoms with Crippen LogP contribution in [-0.4, -0.2) is 49.3 Å². The van der Waals surface area contributed by atoms with Crippen molar-refractivity contribution in [2.24, 2.45) is 5.73 Å². The van der Waals surface area contributed by atoms with Gasteiger partial charge in [-0.3, -0.25) is 18.6 Å². The van der Waals surface area contributed by atoms with Gasteiger partial charge in [-0.25, -0.2) is 4.57 Å². The van der Waals surface area contributed by atoms with E-state index >= 15 is 0 Å². The lowest BCUT2D eigenvalue weighted by Gasteiger charge is -2.19. The van der Waals surface area contributed by atoms with Crippen LogP contribution in [0.1, 0.15) is 361 Å². The van der Waals surface area contributed by atoms with E-state index in [1.54, 1.807) is 0 Å². The first-order valence-corrected chi connectivity index (χ1v) is 39.2. The Hall–Kier alpha value is -3.07. The van der Waals surface area contributed by atoms with Gasteiger partial charge in [0.25, 0.3) is 0 Å². The molecule has 3 N–H and O–H groups in total. The molecule has 0 aromatic rings. The van der Waals surface area contributed by atoms with Gasteiger partial charge in [-0.15, -0.1) is 0 Å². The summed E-state index contributed by atoms with van der Waals surface area (Å²) >= 11 is 0. The summed E-state index contributed by atoms with van der Waals surface area (Å²) in [6.45, 7) is 3.68. The maximum atomic E-state index is 12.8. The lowest BCUT2D eigenvalue weighted by atomic mass is 10.0. The van der Waals surface area contributed by atoms with Crippen molar-refractivity contribution in [3.05, 3.63) is 97.2 Å². The molecular weight excluding hydrogens is 1120 g/mol. The van der Waals surface area contributed by atoms with Crippen LogP contribution >= 0.6 is 7.82 Å². The Balaban J connectivity index is 3.83. The van der Waals surface area contributed by atoms with Gasteiger partial charge in [-0.05, 0) is 96.3 Å². The second kappa shape index (κ2) is 74.0. The first-order valence-electron chi connectivity index (χ1n) is 37.7. The Morgan fingerprint density at radius 2 is 0.618 bits per heavy atom. The highest BCUT2D eigenvalue weighted by Crippen LogP contribution is 2.43. The van der Waals surface area contributed by atoms with Gasteiger partial charge in [0.2, 0.25) is 0 Å². The summed E-state index contributed by atoms with van der Waals surface area (Å²) in [5.74, 6) is -0.812. The Bertz CT molecular complexity index is 1780. The third kappa shape index (κ3) is 73.9. The minimum absolute atomic E-state index is 0.0528. The predicted octanol–water partition coefficient (Wildman–Crippen LogP) is 25.1. The smallest absolute Gasteiger partial charge is 0.462 e. The van der Waals surface area contributed by atoms with E-state index in [2.05, 4.69) is 111 Å². The molecule has 0 rings (SSSR count). The highest BCUT2D eigenvalue weighted by molar-refractivity contribution is 7.47. The summed E-state index contributed by atoms with van der Waals surface area (Å²) in [6.07, 6.45) is 101. The van der Waals surface area contributed by atoms with Gasteiger partial charge in [0, 0.05) is 19.4 Å². The van der Waals surface area contributed by atoms with Gasteiger partial charge in [0.15, 0.2) is 6.10 Å². The molecule has 9 nitrogen and oxygen atoms in total. The maximum absolute atomic E-state index is 12.8. The lowest BCUT2D eigenvalue weighted by molar-refractivity contribution is -0.161. The molecule has 0 aliphatic rings. The summed E-state index contributed by atoms with van der Waals surface area (Å²) in [5.41, 5.74) is 5.41. The van der Waals surface area contributed by atoms with Crippen LogP contribution in [0.25, 0.3) is 0 Å². The number of phosphoric acid groups is 1. The molecule has 516 valence electrons. The van der Waals surface area contributed by atoms with Crippen LogP contribution in [-0.2, 0) is 32.7 Å². The maximum Gasteiger partial charge on any atom is 0.472 e. The molecular formula is C79H142NO8P. The topological polar surface area (TPSA) is 134 Å². The van der Waals surface area contributed by atoms with E-state index in [0.29, 0.717) is 6.42 Å². The van der Waals surface area contributed by atoms with Gasteiger partial charge in [-0.1, -0.05) is 349 Å². The average molecular weight is 1260 g/mol. The minimum atomic E-state index is -4.40. The molecule has 0 bridgehead atoms. The molecule has 10 heteroatoms. The number of esters is 2. The summed E-state index contributed by atoms with van der Waals surface area (Å²) in [5, 5.41) is 0. The van der Waals surface area contributed by atoms with Crippen molar-refractivity contribution in [3.63, 3.8) is 0 Å². The van der Waals surface area contributed by atoms with Crippen LogP contribution in [0, 0.1) is 0 Å². The number of carbonyl (C=O) groups excluding carboxylic acids is 2. The third-order valence-corrected chi connectivity index (χ3v) is 17.4. The first-order chi connectivity index (χ1) is 43.8.